The Labute approximate surface area is 115 Å². The number of aldehydes is 1. The molecule has 0 saturated heterocycles. The SMILES string of the molecule is CC(C=O)Cc1[nH]c2ccc(Cl)cc2c1CC(=O)O. The van der Waals surface area contributed by atoms with Gasteiger partial charge in [-0.15, -0.1) is 0 Å². The third-order valence-corrected chi connectivity index (χ3v) is 3.28. The molecule has 1 aromatic carbocycles. The van der Waals surface area contributed by atoms with E-state index in [4.69, 9.17) is 16.7 Å². The van der Waals surface area contributed by atoms with Crippen LogP contribution < -0.4 is 0 Å². The van der Waals surface area contributed by atoms with Crippen molar-refractivity contribution in [3.05, 3.63) is 34.5 Å². The largest absolute Gasteiger partial charge is 0.481 e. The van der Waals surface area contributed by atoms with Crippen molar-refractivity contribution >= 4 is 34.8 Å². The van der Waals surface area contributed by atoms with Crippen molar-refractivity contribution in [3.8, 4) is 0 Å². The fourth-order valence-corrected chi connectivity index (χ4v) is 2.35. The lowest BCUT2D eigenvalue weighted by atomic mass is 10.0. The summed E-state index contributed by atoms with van der Waals surface area (Å²) in [6, 6.07) is 5.32. The molecule has 1 heterocycles. The molecular weight excluding hydrogens is 266 g/mol. The second kappa shape index (κ2) is 5.45. The van der Waals surface area contributed by atoms with Crippen LogP contribution >= 0.6 is 11.6 Å². The van der Waals surface area contributed by atoms with Crippen LogP contribution in [0, 0.1) is 5.92 Å². The first kappa shape index (κ1) is 13.6. The fourth-order valence-electron chi connectivity index (χ4n) is 2.17. The number of carbonyl (C=O) groups is 2. The highest BCUT2D eigenvalue weighted by Gasteiger charge is 2.16. The molecule has 0 radical (unpaired) electrons. The second-order valence-corrected chi connectivity index (χ2v) is 5.10. The number of carboxylic acid groups (broad SMARTS) is 1. The Bertz CT molecular complexity index is 633. The maximum atomic E-state index is 11.0. The van der Waals surface area contributed by atoms with Crippen LogP contribution in [0.3, 0.4) is 0 Å². The smallest absolute Gasteiger partial charge is 0.307 e. The third kappa shape index (κ3) is 2.96. The number of rotatable bonds is 5. The van der Waals surface area contributed by atoms with Crippen molar-refractivity contribution in [1.82, 2.24) is 4.98 Å². The van der Waals surface area contributed by atoms with Gasteiger partial charge in [0.2, 0.25) is 0 Å². The maximum absolute atomic E-state index is 11.0. The molecule has 0 bridgehead atoms. The van der Waals surface area contributed by atoms with Gasteiger partial charge in [0, 0.05) is 27.5 Å². The van der Waals surface area contributed by atoms with Gasteiger partial charge >= 0.3 is 5.97 Å². The van der Waals surface area contributed by atoms with Gasteiger partial charge in [0.05, 0.1) is 6.42 Å². The average Bonchev–Trinajstić information content (AvgIpc) is 2.66. The number of aromatic nitrogens is 1. The van der Waals surface area contributed by atoms with Crippen LogP contribution in [0.15, 0.2) is 18.2 Å². The predicted molar refractivity (Wildman–Crippen MR) is 73.6 cm³/mol. The molecular formula is C14H14ClNO3. The van der Waals surface area contributed by atoms with Crippen molar-refractivity contribution in [3.63, 3.8) is 0 Å². The van der Waals surface area contributed by atoms with Crippen LogP contribution in [0.25, 0.3) is 10.9 Å². The molecule has 4 nitrogen and oxygen atoms in total. The van der Waals surface area contributed by atoms with Gasteiger partial charge in [0.15, 0.2) is 0 Å². The Morgan fingerprint density at radius 3 is 2.89 bits per heavy atom. The van der Waals surface area contributed by atoms with Crippen LogP contribution in [0.4, 0.5) is 0 Å². The Balaban J connectivity index is 2.54. The topological polar surface area (TPSA) is 70.2 Å². The van der Waals surface area contributed by atoms with Crippen molar-refractivity contribution in [1.29, 1.82) is 0 Å². The van der Waals surface area contributed by atoms with Crippen LogP contribution in [0.1, 0.15) is 18.2 Å². The molecule has 0 aliphatic carbocycles. The summed E-state index contributed by atoms with van der Waals surface area (Å²) < 4.78 is 0. The molecule has 100 valence electrons. The first-order valence-electron chi connectivity index (χ1n) is 5.97. The summed E-state index contributed by atoms with van der Waals surface area (Å²) in [5, 5.41) is 10.4. The van der Waals surface area contributed by atoms with Crippen molar-refractivity contribution < 1.29 is 14.7 Å². The normalized spacial score (nSPS) is 12.5. The molecule has 0 aliphatic heterocycles. The number of carbonyl (C=O) groups excluding carboxylic acids is 1. The van der Waals surface area contributed by atoms with Crippen LogP contribution in [0.5, 0.6) is 0 Å². The molecule has 0 saturated carbocycles. The molecule has 2 aromatic rings. The van der Waals surface area contributed by atoms with E-state index in [2.05, 4.69) is 4.98 Å². The van der Waals surface area contributed by atoms with E-state index in [1.54, 1.807) is 19.1 Å². The molecule has 1 atom stereocenters. The number of hydrogen-bond acceptors (Lipinski definition) is 2. The van der Waals surface area contributed by atoms with Gasteiger partial charge in [-0.3, -0.25) is 4.79 Å². The van der Waals surface area contributed by atoms with Crippen molar-refractivity contribution in [2.75, 3.05) is 0 Å². The summed E-state index contributed by atoms with van der Waals surface area (Å²) in [4.78, 5) is 24.9. The number of aromatic amines is 1. The van der Waals surface area contributed by atoms with Gasteiger partial charge in [0.1, 0.15) is 6.29 Å². The third-order valence-electron chi connectivity index (χ3n) is 3.04. The lowest BCUT2D eigenvalue weighted by Gasteiger charge is -2.04. The molecule has 0 spiro atoms. The molecule has 1 aromatic heterocycles. The number of fused-ring (bicyclic) bond motifs is 1. The Morgan fingerprint density at radius 1 is 1.53 bits per heavy atom. The standard InChI is InChI=1S/C14H14ClNO3/c1-8(7-17)4-13-11(6-14(18)19)10-5-9(15)2-3-12(10)16-13/h2-3,5,7-8,16H,4,6H2,1H3,(H,18,19). The van der Waals surface area contributed by atoms with E-state index >= 15 is 0 Å². The highest BCUT2D eigenvalue weighted by atomic mass is 35.5. The van der Waals surface area contributed by atoms with Gasteiger partial charge in [0.25, 0.3) is 0 Å². The molecule has 19 heavy (non-hydrogen) atoms. The highest BCUT2D eigenvalue weighted by Crippen LogP contribution is 2.27. The monoisotopic (exact) mass is 279 g/mol. The predicted octanol–water partition coefficient (Wildman–Crippen LogP) is 2.83. The number of nitrogens with one attached hydrogen (secondary N) is 1. The summed E-state index contributed by atoms with van der Waals surface area (Å²) >= 11 is 5.95. The van der Waals surface area contributed by atoms with Gasteiger partial charge in [-0.25, -0.2) is 0 Å². The molecule has 2 rings (SSSR count). The number of benzene rings is 1. The van der Waals surface area contributed by atoms with E-state index < -0.39 is 5.97 Å². The minimum absolute atomic E-state index is 0.0821. The Kier molecular flexibility index (Phi) is 3.90. The van der Waals surface area contributed by atoms with Gasteiger partial charge in [-0.05, 0) is 30.2 Å². The highest BCUT2D eigenvalue weighted by molar-refractivity contribution is 6.31. The van der Waals surface area contributed by atoms with Crippen LogP contribution in [0.2, 0.25) is 5.02 Å². The molecule has 0 aliphatic rings. The summed E-state index contributed by atoms with van der Waals surface area (Å²) in [5.74, 6) is -1.06. The van der Waals surface area contributed by atoms with Crippen LogP contribution in [-0.2, 0) is 22.4 Å². The van der Waals surface area contributed by atoms with Crippen molar-refractivity contribution in [2.24, 2.45) is 5.92 Å². The molecule has 2 N–H and O–H groups in total. The zero-order valence-electron chi connectivity index (χ0n) is 10.4. The van der Waals surface area contributed by atoms with E-state index in [0.717, 1.165) is 22.9 Å². The first-order chi connectivity index (χ1) is 9.01. The number of aliphatic carboxylic acids is 1. The van der Waals surface area contributed by atoms with Gasteiger partial charge < -0.3 is 14.9 Å². The number of H-pyrrole nitrogens is 1. The van der Waals surface area contributed by atoms with E-state index in [0.29, 0.717) is 17.0 Å². The molecule has 0 fully saturated rings. The van der Waals surface area contributed by atoms with E-state index in [1.165, 1.54) is 0 Å². The zero-order valence-corrected chi connectivity index (χ0v) is 11.2. The minimum atomic E-state index is -0.902. The summed E-state index contributed by atoms with van der Waals surface area (Å²) in [7, 11) is 0. The number of hydrogen-bond donors (Lipinski definition) is 2. The summed E-state index contributed by atoms with van der Waals surface area (Å²) in [6.07, 6.45) is 1.28. The quantitative estimate of drug-likeness (QED) is 0.827. The summed E-state index contributed by atoms with van der Waals surface area (Å²) in [6.45, 7) is 1.80. The zero-order chi connectivity index (χ0) is 14.0. The average molecular weight is 280 g/mol. The molecule has 1 unspecified atom stereocenters. The van der Waals surface area contributed by atoms with E-state index in [1.807, 2.05) is 6.07 Å². The van der Waals surface area contributed by atoms with Crippen LogP contribution in [-0.4, -0.2) is 22.3 Å². The molecule has 5 heteroatoms. The van der Waals surface area contributed by atoms with Gasteiger partial charge in [-0.2, -0.15) is 0 Å². The lowest BCUT2D eigenvalue weighted by Crippen LogP contribution is -2.07. The molecule has 0 amide bonds. The number of carboxylic acids is 1. The Hall–Kier alpha value is -1.81. The number of halogens is 1. The first-order valence-corrected chi connectivity index (χ1v) is 6.35. The fraction of sp³-hybridized carbons (Fsp3) is 0.286. The van der Waals surface area contributed by atoms with Crippen molar-refractivity contribution in [2.45, 2.75) is 19.8 Å². The van der Waals surface area contributed by atoms with Gasteiger partial charge in [-0.1, -0.05) is 18.5 Å². The van der Waals surface area contributed by atoms with E-state index in [9.17, 15) is 9.59 Å². The summed E-state index contributed by atoms with van der Waals surface area (Å²) in [5.41, 5.74) is 2.34. The second-order valence-electron chi connectivity index (χ2n) is 4.66. The lowest BCUT2D eigenvalue weighted by molar-refractivity contribution is -0.136. The Morgan fingerprint density at radius 2 is 2.26 bits per heavy atom. The maximum Gasteiger partial charge on any atom is 0.307 e. The minimum Gasteiger partial charge on any atom is -0.481 e. The van der Waals surface area contributed by atoms with E-state index in [-0.39, 0.29) is 12.3 Å².